The molecule has 1 heterocycles. The van der Waals surface area contributed by atoms with E-state index in [0.29, 0.717) is 0 Å². The number of hydrogen-bond donors (Lipinski definition) is 0. The monoisotopic (exact) mass is 353 g/mol. The van der Waals surface area contributed by atoms with Gasteiger partial charge in [0.05, 0.1) is 0 Å². The molecule has 0 amide bonds. The highest BCUT2D eigenvalue weighted by Gasteiger charge is 2.15. The lowest BCUT2D eigenvalue weighted by Crippen LogP contribution is -2.43. The van der Waals surface area contributed by atoms with Crippen molar-refractivity contribution in [2.45, 2.75) is 13.5 Å². The van der Waals surface area contributed by atoms with Gasteiger partial charge in [-0.3, -0.25) is 9.91 Å². The summed E-state index contributed by atoms with van der Waals surface area (Å²) >= 11 is 5.94. The van der Waals surface area contributed by atoms with Gasteiger partial charge in [0.2, 0.25) is 0 Å². The molecule has 0 N–H and O–H groups in total. The number of benzene rings is 2. The van der Waals surface area contributed by atoms with Crippen LogP contribution in [0.5, 0.6) is 0 Å². The van der Waals surface area contributed by atoms with E-state index in [2.05, 4.69) is 64.4 Å². The van der Waals surface area contributed by atoms with Gasteiger partial charge in [0.1, 0.15) is 0 Å². The maximum atomic E-state index is 5.94. The summed E-state index contributed by atoms with van der Waals surface area (Å²) in [6.45, 7) is 7.04. The molecule has 2 aromatic carbocycles. The lowest BCUT2D eigenvalue weighted by molar-refractivity contribution is 0.131. The molecule has 4 heteroatoms. The predicted octanol–water partition coefficient (Wildman–Crippen LogP) is 4.55. The third kappa shape index (κ3) is 5.73. The van der Waals surface area contributed by atoms with E-state index in [-0.39, 0.29) is 0 Å². The van der Waals surface area contributed by atoms with E-state index in [1.807, 2.05) is 24.4 Å². The summed E-state index contributed by atoms with van der Waals surface area (Å²) in [7, 11) is 0. The van der Waals surface area contributed by atoms with Crippen LogP contribution in [0.3, 0.4) is 0 Å². The summed E-state index contributed by atoms with van der Waals surface area (Å²) in [5.41, 5.74) is 3.68. The fourth-order valence-corrected chi connectivity index (χ4v) is 3.01. The van der Waals surface area contributed by atoms with Gasteiger partial charge >= 0.3 is 0 Å². The third-order valence-electron chi connectivity index (χ3n) is 4.29. The van der Waals surface area contributed by atoms with Crippen LogP contribution in [0.25, 0.3) is 6.08 Å². The minimum Gasteiger partial charge on any atom is -0.295 e. The van der Waals surface area contributed by atoms with Crippen molar-refractivity contribution in [3.8, 4) is 0 Å². The standard InChI is InChI=1S/C21H24ClN3/c1-18(15-19-5-3-2-4-6-19)16-23-25-13-11-24(12-14-25)17-20-7-9-21(22)10-8-20/h2-10,15-16H,11-14,17H2,1H3/b18-15+,23-16+. The first-order valence-corrected chi connectivity index (χ1v) is 9.06. The Morgan fingerprint density at radius 1 is 1.00 bits per heavy atom. The van der Waals surface area contributed by atoms with Gasteiger partial charge in [-0.25, -0.2) is 0 Å². The second-order valence-electron chi connectivity index (χ2n) is 6.40. The molecule has 0 atom stereocenters. The van der Waals surface area contributed by atoms with Crippen LogP contribution in [0, 0.1) is 0 Å². The lowest BCUT2D eigenvalue weighted by atomic mass is 10.1. The molecule has 1 saturated heterocycles. The quantitative estimate of drug-likeness (QED) is 0.734. The lowest BCUT2D eigenvalue weighted by Gasteiger charge is -2.33. The highest BCUT2D eigenvalue weighted by atomic mass is 35.5. The summed E-state index contributed by atoms with van der Waals surface area (Å²) in [6, 6.07) is 18.5. The summed E-state index contributed by atoms with van der Waals surface area (Å²) in [4.78, 5) is 2.46. The van der Waals surface area contributed by atoms with Crippen LogP contribution in [0.4, 0.5) is 0 Å². The minimum atomic E-state index is 0.793. The highest BCUT2D eigenvalue weighted by molar-refractivity contribution is 6.30. The van der Waals surface area contributed by atoms with Crippen LogP contribution in [0.15, 0.2) is 65.3 Å². The molecular weight excluding hydrogens is 330 g/mol. The Morgan fingerprint density at radius 3 is 2.36 bits per heavy atom. The average molecular weight is 354 g/mol. The van der Waals surface area contributed by atoms with Gasteiger partial charge in [-0.15, -0.1) is 0 Å². The molecule has 0 saturated carbocycles. The van der Waals surface area contributed by atoms with Gasteiger partial charge in [-0.1, -0.05) is 60.1 Å². The average Bonchev–Trinajstić information content (AvgIpc) is 2.64. The second-order valence-corrected chi connectivity index (χ2v) is 6.84. The molecular formula is C21H24ClN3. The van der Waals surface area contributed by atoms with Gasteiger partial charge in [-0.2, -0.15) is 5.10 Å². The SMILES string of the molecule is CC(/C=N/N1CCN(Cc2ccc(Cl)cc2)CC1)=C\c1ccccc1. The van der Waals surface area contributed by atoms with E-state index >= 15 is 0 Å². The molecule has 0 aliphatic carbocycles. The Hall–Kier alpha value is -2.10. The second kappa shape index (κ2) is 8.84. The van der Waals surface area contributed by atoms with Crippen molar-refractivity contribution in [3.63, 3.8) is 0 Å². The predicted molar refractivity (Wildman–Crippen MR) is 107 cm³/mol. The molecule has 1 aliphatic heterocycles. The summed E-state index contributed by atoms with van der Waals surface area (Å²) < 4.78 is 0. The highest BCUT2D eigenvalue weighted by Crippen LogP contribution is 2.13. The molecule has 130 valence electrons. The van der Waals surface area contributed by atoms with Crippen molar-refractivity contribution >= 4 is 23.9 Å². The summed E-state index contributed by atoms with van der Waals surface area (Å²) in [6.07, 6.45) is 4.11. The van der Waals surface area contributed by atoms with Crippen LogP contribution in [-0.2, 0) is 6.54 Å². The first-order valence-electron chi connectivity index (χ1n) is 8.68. The fourth-order valence-electron chi connectivity index (χ4n) is 2.88. The largest absolute Gasteiger partial charge is 0.295 e. The van der Waals surface area contributed by atoms with Crippen molar-refractivity contribution in [1.82, 2.24) is 9.91 Å². The van der Waals surface area contributed by atoms with E-state index in [1.54, 1.807) is 0 Å². The molecule has 0 bridgehead atoms. The topological polar surface area (TPSA) is 18.8 Å². The van der Waals surface area contributed by atoms with E-state index in [1.165, 1.54) is 11.1 Å². The molecule has 1 aliphatic rings. The van der Waals surface area contributed by atoms with Crippen molar-refractivity contribution < 1.29 is 0 Å². The Bertz CT molecular complexity index is 715. The van der Waals surface area contributed by atoms with Crippen molar-refractivity contribution in [2.24, 2.45) is 5.10 Å². The molecule has 2 aromatic rings. The molecule has 0 spiro atoms. The maximum Gasteiger partial charge on any atom is 0.0499 e. The normalized spacial score (nSPS) is 16.6. The van der Waals surface area contributed by atoms with Gasteiger partial charge in [0.15, 0.2) is 0 Å². The van der Waals surface area contributed by atoms with Gasteiger partial charge in [0, 0.05) is 44.0 Å². The number of hydrogen-bond acceptors (Lipinski definition) is 3. The molecule has 0 radical (unpaired) electrons. The van der Waals surface area contributed by atoms with Crippen LogP contribution in [-0.4, -0.2) is 42.3 Å². The molecule has 3 nitrogen and oxygen atoms in total. The van der Waals surface area contributed by atoms with Crippen molar-refractivity contribution in [3.05, 3.63) is 76.3 Å². The van der Waals surface area contributed by atoms with Gasteiger partial charge in [-0.05, 0) is 35.8 Å². The number of hydrazone groups is 1. The number of allylic oxidation sites excluding steroid dienone is 1. The zero-order valence-electron chi connectivity index (χ0n) is 14.6. The zero-order valence-corrected chi connectivity index (χ0v) is 15.4. The number of rotatable bonds is 5. The molecule has 1 fully saturated rings. The van der Waals surface area contributed by atoms with E-state index in [4.69, 9.17) is 11.6 Å². The van der Waals surface area contributed by atoms with Gasteiger partial charge in [0.25, 0.3) is 0 Å². The Morgan fingerprint density at radius 2 is 1.68 bits per heavy atom. The molecule has 0 unspecified atom stereocenters. The first-order chi connectivity index (χ1) is 12.2. The Balaban J connectivity index is 1.47. The Kier molecular flexibility index (Phi) is 6.26. The number of nitrogens with zero attached hydrogens (tertiary/aromatic N) is 3. The summed E-state index contributed by atoms with van der Waals surface area (Å²) in [5, 5.41) is 7.58. The summed E-state index contributed by atoms with van der Waals surface area (Å²) in [5.74, 6) is 0. The number of halogens is 1. The van der Waals surface area contributed by atoms with Gasteiger partial charge < -0.3 is 0 Å². The Labute approximate surface area is 155 Å². The smallest absolute Gasteiger partial charge is 0.0499 e. The third-order valence-corrected chi connectivity index (χ3v) is 4.54. The first kappa shape index (κ1) is 17.7. The number of piperazine rings is 1. The zero-order chi connectivity index (χ0) is 17.5. The van der Waals surface area contributed by atoms with Crippen molar-refractivity contribution in [1.29, 1.82) is 0 Å². The van der Waals surface area contributed by atoms with Crippen LogP contribution in [0.1, 0.15) is 18.1 Å². The molecule has 3 rings (SSSR count). The van der Waals surface area contributed by atoms with Crippen LogP contribution < -0.4 is 0 Å². The molecule has 0 aromatic heterocycles. The minimum absolute atomic E-state index is 0.793. The van der Waals surface area contributed by atoms with E-state index < -0.39 is 0 Å². The van der Waals surface area contributed by atoms with E-state index in [0.717, 1.165) is 43.3 Å². The fraction of sp³-hybridized carbons (Fsp3) is 0.286. The van der Waals surface area contributed by atoms with Crippen LogP contribution >= 0.6 is 11.6 Å². The van der Waals surface area contributed by atoms with Crippen molar-refractivity contribution in [2.75, 3.05) is 26.2 Å². The van der Waals surface area contributed by atoms with Crippen LogP contribution in [0.2, 0.25) is 5.02 Å². The van der Waals surface area contributed by atoms with E-state index in [9.17, 15) is 0 Å². The molecule has 25 heavy (non-hydrogen) atoms. The maximum absolute atomic E-state index is 5.94.